The van der Waals surface area contributed by atoms with Crippen molar-refractivity contribution in [1.29, 1.82) is 0 Å². The Morgan fingerprint density at radius 1 is 1.53 bits per heavy atom. The van der Waals surface area contributed by atoms with E-state index in [1.54, 1.807) is 4.52 Å². The van der Waals surface area contributed by atoms with Gasteiger partial charge in [0, 0.05) is 30.6 Å². The van der Waals surface area contributed by atoms with E-state index in [0.29, 0.717) is 6.54 Å². The van der Waals surface area contributed by atoms with Gasteiger partial charge in [0.25, 0.3) is 0 Å². The van der Waals surface area contributed by atoms with Gasteiger partial charge in [-0.05, 0) is 20.8 Å². The van der Waals surface area contributed by atoms with E-state index >= 15 is 0 Å². The predicted molar refractivity (Wildman–Crippen MR) is 67.5 cm³/mol. The summed E-state index contributed by atoms with van der Waals surface area (Å²) in [5.41, 5.74) is 2.58. The van der Waals surface area contributed by atoms with Crippen LogP contribution >= 0.6 is 0 Å². The summed E-state index contributed by atoms with van der Waals surface area (Å²) in [6.07, 6.45) is 9.23. The molecule has 0 spiro atoms. The van der Waals surface area contributed by atoms with Crippen molar-refractivity contribution in [2.75, 3.05) is 0 Å². The zero-order chi connectivity index (χ0) is 12.5. The highest BCUT2D eigenvalue weighted by atomic mass is 15.2. The summed E-state index contributed by atoms with van der Waals surface area (Å²) >= 11 is 0. The third kappa shape index (κ3) is 2.63. The highest BCUT2D eigenvalue weighted by Crippen LogP contribution is 2.06. The second-order valence-electron chi connectivity index (χ2n) is 4.67. The van der Waals surface area contributed by atoms with Crippen LogP contribution in [-0.2, 0) is 6.54 Å². The molecule has 0 bridgehead atoms. The quantitative estimate of drug-likeness (QED) is 0.810. The largest absolute Gasteiger partial charge is 0.297 e. The maximum Gasteiger partial charge on any atom is 0.155 e. The summed E-state index contributed by atoms with van der Waals surface area (Å²) in [6.45, 7) is 6.57. The van der Waals surface area contributed by atoms with Crippen LogP contribution in [0.15, 0.2) is 18.5 Å². The van der Waals surface area contributed by atoms with Gasteiger partial charge in [0.15, 0.2) is 5.65 Å². The van der Waals surface area contributed by atoms with Crippen LogP contribution in [0.3, 0.4) is 0 Å². The number of nitrogens with one attached hydrogen (secondary N) is 1. The fourth-order valence-electron chi connectivity index (χ4n) is 1.50. The van der Waals surface area contributed by atoms with Crippen LogP contribution in [0.25, 0.3) is 5.65 Å². The number of aromatic nitrogens is 3. The SMILES string of the molecule is C#CC(C)(C)NCc1cnc2cc(C)nn2c1. The van der Waals surface area contributed by atoms with Crippen LogP contribution in [0.5, 0.6) is 0 Å². The van der Waals surface area contributed by atoms with Crippen molar-refractivity contribution in [3.8, 4) is 12.3 Å². The molecule has 17 heavy (non-hydrogen) atoms. The molecule has 1 N–H and O–H groups in total. The minimum Gasteiger partial charge on any atom is -0.297 e. The molecule has 2 rings (SSSR count). The summed E-state index contributed by atoms with van der Waals surface area (Å²) in [6, 6.07) is 1.95. The van der Waals surface area contributed by atoms with E-state index in [9.17, 15) is 0 Å². The van der Waals surface area contributed by atoms with Gasteiger partial charge in [-0.25, -0.2) is 9.50 Å². The molecule has 4 heteroatoms. The maximum absolute atomic E-state index is 5.42. The summed E-state index contributed by atoms with van der Waals surface area (Å²) in [5, 5.41) is 7.60. The molecular formula is C13H16N4. The molecule has 0 amide bonds. The van der Waals surface area contributed by atoms with Gasteiger partial charge in [-0.15, -0.1) is 6.42 Å². The van der Waals surface area contributed by atoms with Gasteiger partial charge in [0.1, 0.15) is 0 Å². The average molecular weight is 228 g/mol. The van der Waals surface area contributed by atoms with E-state index in [-0.39, 0.29) is 5.54 Å². The number of aryl methyl sites for hydroxylation is 1. The van der Waals surface area contributed by atoms with Crippen molar-refractivity contribution in [3.05, 3.63) is 29.7 Å². The molecule has 2 heterocycles. The summed E-state index contributed by atoms with van der Waals surface area (Å²) < 4.78 is 1.79. The molecule has 0 aliphatic heterocycles. The minimum atomic E-state index is -0.311. The molecule has 0 saturated carbocycles. The zero-order valence-electron chi connectivity index (χ0n) is 10.4. The number of fused-ring (bicyclic) bond motifs is 1. The molecule has 0 saturated heterocycles. The first-order valence-electron chi connectivity index (χ1n) is 5.54. The number of rotatable bonds is 3. The monoisotopic (exact) mass is 228 g/mol. The Hall–Kier alpha value is -1.86. The lowest BCUT2D eigenvalue weighted by Gasteiger charge is -2.19. The summed E-state index contributed by atoms with van der Waals surface area (Å²) in [7, 11) is 0. The summed E-state index contributed by atoms with van der Waals surface area (Å²) in [5.74, 6) is 2.70. The molecule has 0 unspecified atom stereocenters. The Bertz CT molecular complexity index is 575. The van der Waals surface area contributed by atoms with E-state index in [1.165, 1.54) is 0 Å². The van der Waals surface area contributed by atoms with Gasteiger partial charge in [-0.2, -0.15) is 5.10 Å². The van der Waals surface area contributed by atoms with E-state index in [2.05, 4.69) is 21.3 Å². The Balaban J connectivity index is 2.17. The lowest BCUT2D eigenvalue weighted by molar-refractivity contribution is 0.489. The van der Waals surface area contributed by atoms with Crippen LogP contribution < -0.4 is 5.32 Å². The van der Waals surface area contributed by atoms with Gasteiger partial charge < -0.3 is 0 Å². The lowest BCUT2D eigenvalue weighted by atomic mass is 10.1. The van der Waals surface area contributed by atoms with Crippen molar-refractivity contribution in [3.63, 3.8) is 0 Å². The predicted octanol–water partition coefficient (Wildman–Crippen LogP) is 1.54. The third-order valence-electron chi connectivity index (χ3n) is 2.58. The van der Waals surface area contributed by atoms with Gasteiger partial charge in [0.2, 0.25) is 0 Å². The van der Waals surface area contributed by atoms with Crippen molar-refractivity contribution in [2.45, 2.75) is 32.9 Å². The molecule has 2 aromatic rings. The van der Waals surface area contributed by atoms with Gasteiger partial charge in [-0.3, -0.25) is 5.32 Å². The third-order valence-corrected chi connectivity index (χ3v) is 2.58. The number of terminal acetylenes is 1. The molecule has 0 aliphatic rings. The molecular weight excluding hydrogens is 212 g/mol. The van der Waals surface area contributed by atoms with Crippen LogP contribution in [0.1, 0.15) is 25.1 Å². The molecule has 2 aromatic heterocycles. The van der Waals surface area contributed by atoms with Crippen molar-refractivity contribution >= 4 is 5.65 Å². The first-order chi connectivity index (χ1) is 8.00. The number of nitrogens with zero attached hydrogens (tertiary/aromatic N) is 3. The fraction of sp³-hybridized carbons (Fsp3) is 0.385. The topological polar surface area (TPSA) is 42.2 Å². The molecule has 0 radical (unpaired) electrons. The molecule has 0 fully saturated rings. The van der Waals surface area contributed by atoms with Gasteiger partial charge in [0.05, 0.1) is 11.2 Å². The van der Waals surface area contributed by atoms with E-state index in [1.807, 2.05) is 39.2 Å². The summed E-state index contributed by atoms with van der Waals surface area (Å²) in [4.78, 5) is 4.34. The maximum atomic E-state index is 5.42. The van der Waals surface area contributed by atoms with Crippen LogP contribution in [0.4, 0.5) is 0 Å². The van der Waals surface area contributed by atoms with Crippen molar-refractivity contribution < 1.29 is 0 Å². The highest BCUT2D eigenvalue weighted by Gasteiger charge is 2.12. The van der Waals surface area contributed by atoms with Crippen LogP contribution in [0.2, 0.25) is 0 Å². The minimum absolute atomic E-state index is 0.311. The second-order valence-corrected chi connectivity index (χ2v) is 4.67. The zero-order valence-corrected chi connectivity index (χ0v) is 10.4. The first kappa shape index (κ1) is 11.6. The van der Waals surface area contributed by atoms with E-state index in [4.69, 9.17) is 6.42 Å². The Kier molecular flexibility index (Phi) is 2.86. The smallest absolute Gasteiger partial charge is 0.155 e. The molecule has 0 aromatic carbocycles. The average Bonchev–Trinajstić information content (AvgIpc) is 2.66. The molecule has 4 nitrogen and oxygen atoms in total. The highest BCUT2D eigenvalue weighted by molar-refractivity contribution is 5.38. The van der Waals surface area contributed by atoms with E-state index in [0.717, 1.165) is 16.9 Å². The number of hydrogen-bond donors (Lipinski definition) is 1. The van der Waals surface area contributed by atoms with Gasteiger partial charge >= 0.3 is 0 Å². The number of hydrogen-bond acceptors (Lipinski definition) is 3. The van der Waals surface area contributed by atoms with E-state index < -0.39 is 0 Å². The van der Waals surface area contributed by atoms with Gasteiger partial charge in [-0.1, -0.05) is 5.92 Å². The van der Waals surface area contributed by atoms with Crippen LogP contribution in [-0.4, -0.2) is 20.1 Å². The molecule has 0 atom stereocenters. The molecule has 88 valence electrons. The molecule has 0 aliphatic carbocycles. The van der Waals surface area contributed by atoms with Crippen molar-refractivity contribution in [1.82, 2.24) is 19.9 Å². The second kappa shape index (κ2) is 4.19. The normalized spacial score (nSPS) is 11.6. The Morgan fingerprint density at radius 3 is 3.00 bits per heavy atom. The Labute approximate surface area is 101 Å². The Morgan fingerprint density at radius 2 is 2.29 bits per heavy atom. The van der Waals surface area contributed by atoms with Crippen LogP contribution in [0, 0.1) is 19.3 Å². The fourth-order valence-corrected chi connectivity index (χ4v) is 1.50. The standard InChI is InChI=1S/C13H16N4/c1-5-13(3,4)15-8-11-7-14-12-6-10(2)16-17(12)9-11/h1,6-7,9,15H,8H2,2-4H3. The lowest BCUT2D eigenvalue weighted by Crippen LogP contribution is -2.37. The van der Waals surface area contributed by atoms with Crippen molar-refractivity contribution in [2.24, 2.45) is 0 Å². The first-order valence-corrected chi connectivity index (χ1v) is 5.54.